The number of fused-ring (bicyclic) bond motifs is 1. The number of benzene rings is 2. The van der Waals surface area contributed by atoms with E-state index in [0.717, 1.165) is 23.4 Å². The molecule has 1 amide bonds. The highest BCUT2D eigenvalue weighted by Crippen LogP contribution is 2.29. The number of ether oxygens (including phenoxy) is 1. The van der Waals surface area contributed by atoms with Crippen molar-refractivity contribution in [2.45, 2.75) is 12.8 Å². The molecule has 0 radical (unpaired) electrons. The van der Waals surface area contributed by atoms with Crippen LogP contribution >= 0.6 is 0 Å². The monoisotopic (exact) mass is 307 g/mol. The van der Waals surface area contributed by atoms with Gasteiger partial charge in [-0.15, -0.1) is 0 Å². The molecule has 1 heterocycles. The molecule has 5 heteroatoms. The van der Waals surface area contributed by atoms with E-state index in [-0.39, 0.29) is 5.91 Å². The highest BCUT2D eigenvalue weighted by Gasteiger charge is 2.21. The van der Waals surface area contributed by atoms with Crippen molar-refractivity contribution in [2.75, 3.05) is 12.0 Å². The van der Waals surface area contributed by atoms with E-state index >= 15 is 0 Å². The van der Waals surface area contributed by atoms with E-state index in [1.165, 1.54) is 12.8 Å². The molecule has 0 unspecified atom stereocenters. The van der Waals surface area contributed by atoms with Crippen molar-refractivity contribution < 1.29 is 9.53 Å². The zero-order valence-electron chi connectivity index (χ0n) is 12.6. The van der Waals surface area contributed by atoms with E-state index < -0.39 is 0 Å². The molecule has 2 aromatic carbocycles. The minimum atomic E-state index is -0.179. The van der Waals surface area contributed by atoms with Gasteiger partial charge in [-0.25, -0.2) is 9.66 Å². The molecule has 0 aliphatic heterocycles. The Morgan fingerprint density at radius 3 is 2.74 bits per heavy atom. The summed E-state index contributed by atoms with van der Waals surface area (Å²) in [5.74, 6) is 1.34. The number of imidazole rings is 1. The SMILES string of the molecule is O=C(Nn1cnc2ccccc21)c1ccc(OCC2CC2)cc1. The van der Waals surface area contributed by atoms with Crippen molar-refractivity contribution in [1.82, 2.24) is 9.66 Å². The molecule has 0 saturated heterocycles. The van der Waals surface area contributed by atoms with Crippen molar-refractivity contribution in [3.8, 4) is 5.75 Å². The van der Waals surface area contributed by atoms with Crippen LogP contribution in [0.3, 0.4) is 0 Å². The van der Waals surface area contributed by atoms with Gasteiger partial charge in [0.05, 0.1) is 17.6 Å². The van der Waals surface area contributed by atoms with Crippen molar-refractivity contribution in [2.24, 2.45) is 5.92 Å². The Bertz CT molecular complexity index is 835. The first-order valence-electron chi connectivity index (χ1n) is 7.76. The number of para-hydroxylation sites is 2. The molecule has 23 heavy (non-hydrogen) atoms. The predicted octanol–water partition coefficient (Wildman–Crippen LogP) is 3.21. The van der Waals surface area contributed by atoms with Crippen LogP contribution in [-0.4, -0.2) is 22.2 Å². The van der Waals surface area contributed by atoms with E-state index in [9.17, 15) is 4.79 Å². The molecule has 5 nitrogen and oxygen atoms in total. The quantitative estimate of drug-likeness (QED) is 0.787. The Labute approximate surface area is 133 Å². The van der Waals surface area contributed by atoms with Crippen LogP contribution < -0.4 is 10.2 Å². The van der Waals surface area contributed by atoms with Crippen LogP contribution in [-0.2, 0) is 0 Å². The number of carbonyl (C=O) groups is 1. The summed E-state index contributed by atoms with van der Waals surface area (Å²) in [4.78, 5) is 16.6. The van der Waals surface area contributed by atoms with E-state index in [4.69, 9.17) is 4.74 Å². The lowest BCUT2D eigenvalue weighted by atomic mass is 10.2. The molecule has 116 valence electrons. The second-order valence-electron chi connectivity index (χ2n) is 5.82. The van der Waals surface area contributed by atoms with Crippen molar-refractivity contribution in [1.29, 1.82) is 0 Å². The molecule has 4 rings (SSSR count). The third-order valence-corrected chi connectivity index (χ3v) is 3.97. The number of amides is 1. The molecule has 1 saturated carbocycles. The van der Waals surface area contributed by atoms with Gasteiger partial charge < -0.3 is 4.74 Å². The van der Waals surface area contributed by atoms with Crippen LogP contribution in [0.5, 0.6) is 5.75 Å². The highest BCUT2D eigenvalue weighted by atomic mass is 16.5. The summed E-state index contributed by atoms with van der Waals surface area (Å²) < 4.78 is 7.32. The Morgan fingerprint density at radius 2 is 1.96 bits per heavy atom. The summed E-state index contributed by atoms with van der Waals surface area (Å²) >= 11 is 0. The fourth-order valence-electron chi connectivity index (χ4n) is 2.42. The number of hydrogen-bond donors (Lipinski definition) is 1. The van der Waals surface area contributed by atoms with Gasteiger partial charge in [0.1, 0.15) is 12.1 Å². The summed E-state index contributed by atoms with van der Waals surface area (Å²) in [7, 11) is 0. The van der Waals surface area contributed by atoms with Crippen molar-refractivity contribution in [3.63, 3.8) is 0 Å². The molecule has 0 spiro atoms. The molecule has 0 bridgehead atoms. The number of carbonyl (C=O) groups excluding carboxylic acids is 1. The van der Waals surface area contributed by atoms with Crippen LogP contribution in [0.25, 0.3) is 11.0 Å². The minimum absolute atomic E-state index is 0.179. The summed E-state index contributed by atoms with van der Waals surface area (Å²) in [5.41, 5.74) is 5.13. The van der Waals surface area contributed by atoms with Gasteiger partial charge in [-0.2, -0.15) is 0 Å². The van der Waals surface area contributed by atoms with E-state index in [1.54, 1.807) is 23.1 Å². The van der Waals surface area contributed by atoms with Gasteiger partial charge in [-0.05, 0) is 55.2 Å². The first kappa shape index (κ1) is 13.8. The Morgan fingerprint density at radius 1 is 1.17 bits per heavy atom. The minimum Gasteiger partial charge on any atom is -0.493 e. The Kier molecular flexibility index (Phi) is 3.46. The number of nitrogens with one attached hydrogen (secondary N) is 1. The predicted molar refractivity (Wildman–Crippen MR) is 88.1 cm³/mol. The fourth-order valence-corrected chi connectivity index (χ4v) is 2.42. The second-order valence-corrected chi connectivity index (χ2v) is 5.82. The van der Waals surface area contributed by atoms with Crippen LogP contribution in [0.1, 0.15) is 23.2 Å². The summed E-state index contributed by atoms with van der Waals surface area (Å²) in [6, 6.07) is 14.9. The Hall–Kier alpha value is -2.82. The topological polar surface area (TPSA) is 56.2 Å². The highest BCUT2D eigenvalue weighted by molar-refractivity contribution is 6.00. The average molecular weight is 307 g/mol. The molecule has 1 aliphatic carbocycles. The number of nitrogens with zero attached hydrogens (tertiary/aromatic N) is 2. The third kappa shape index (κ3) is 3.04. The molecule has 1 aliphatic rings. The van der Waals surface area contributed by atoms with Gasteiger partial charge in [0.25, 0.3) is 5.91 Å². The van der Waals surface area contributed by atoms with Gasteiger partial charge in [-0.1, -0.05) is 12.1 Å². The lowest BCUT2D eigenvalue weighted by Crippen LogP contribution is -2.21. The van der Waals surface area contributed by atoms with Gasteiger partial charge in [-0.3, -0.25) is 10.2 Å². The molecule has 3 aromatic rings. The molecular weight excluding hydrogens is 290 g/mol. The summed E-state index contributed by atoms with van der Waals surface area (Å²) in [6.45, 7) is 0.770. The molecule has 1 fully saturated rings. The van der Waals surface area contributed by atoms with Crippen molar-refractivity contribution in [3.05, 3.63) is 60.4 Å². The largest absolute Gasteiger partial charge is 0.493 e. The number of rotatable bonds is 5. The maximum atomic E-state index is 12.3. The van der Waals surface area contributed by atoms with Gasteiger partial charge in [0, 0.05) is 5.56 Å². The standard InChI is InChI=1S/C18H17N3O2/c22-18(20-21-12-19-16-3-1-2-4-17(16)21)14-7-9-15(10-8-14)23-11-13-5-6-13/h1-4,7-10,12-13H,5-6,11H2,(H,20,22). The van der Waals surface area contributed by atoms with Crippen molar-refractivity contribution >= 4 is 16.9 Å². The van der Waals surface area contributed by atoms with E-state index in [0.29, 0.717) is 11.5 Å². The number of hydrogen-bond acceptors (Lipinski definition) is 3. The molecular formula is C18H17N3O2. The van der Waals surface area contributed by atoms with Crippen LogP contribution in [0.15, 0.2) is 54.9 Å². The number of aromatic nitrogens is 2. The lowest BCUT2D eigenvalue weighted by Gasteiger charge is -2.08. The fraction of sp³-hybridized carbons (Fsp3) is 0.222. The molecule has 1 aromatic heterocycles. The average Bonchev–Trinajstić information content (AvgIpc) is 3.34. The smallest absolute Gasteiger partial charge is 0.270 e. The maximum absolute atomic E-state index is 12.3. The third-order valence-electron chi connectivity index (χ3n) is 3.97. The lowest BCUT2D eigenvalue weighted by molar-refractivity contribution is 0.101. The van der Waals surface area contributed by atoms with E-state index in [1.807, 2.05) is 36.4 Å². The maximum Gasteiger partial charge on any atom is 0.270 e. The summed E-state index contributed by atoms with van der Waals surface area (Å²) in [6.07, 6.45) is 4.13. The Balaban J connectivity index is 1.45. The van der Waals surface area contributed by atoms with E-state index in [2.05, 4.69) is 10.4 Å². The second kappa shape index (κ2) is 5.76. The molecule has 1 N–H and O–H groups in total. The normalized spacial score (nSPS) is 13.9. The van der Waals surface area contributed by atoms with Gasteiger partial charge in [0.15, 0.2) is 0 Å². The first-order chi connectivity index (χ1) is 11.3. The summed E-state index contributed by atoms with van der Waals surface area (Å²) in [5, 5.41) is 0. The van der Waals surface area contributed by atoms with Gasteiger partial charge in [0.2, 0.25) is 0 Å². The zero-order valence-corrected chi connectivity index (χ0v) is 12.6. The van der Waals surface area contributed by atoms with Gasteiger partial charge >= 0.3 is 0 Å². The van der Waals surface area contributed by atoms with Crippen LogP contribution in [0.2, 0.25) is 0 Å². The van der Waals surface area contributed by atoms with Crippen LogP contribution in [0, 0.1) is 5.92 Å². The first-order valence-corrected chi connectivity index (χ1v) is 7.76. The van der Waals surface area contributed by atoms with Crippen LogP contribution in [0.4, 0.5) is 0 Å². The zero-order chi connectivity index (χ0) is 15.6. The molecule has 0 atom stereocenters.